The van der Waals surface area contributed by atoms with Gasteiger partial charge in [-0.3, -0.25) is 4.98 Å². The van der Waals surface area contributed by atoms with Crippen LogP contribution in [0.5, 0.6) is 5.75 Å². The predicted octanol–water partition coefficient (Wildman–Crippen LogP) is 6.23. The molecule has 1 aliphatic heterocycles. The molecule has 5 nitrogen and oxygen atoms in total. The predicted molar refractivity (Wildman–Crippen MR) is 132 cm³/mol. The van der Waals surface area contributed by atoms with E-state index in [0.717, 1.165) is 11.4 Å². The normalized spacial score (nSPS) is 21.6. The Labute approximate surface area is 199 Å². The maximum absolute atomic E-state index is 6.50. The fourth-order valence-corrected chi connectivity index (χ4v) is 5.69. The first kappa shape index (κ1) is 21.3. The van der Waals surface area contributed by atoms with Gasteiger partial charge in [-0.25, -0.2) is 0 Å². The summed E-state index contributed by atoms with van der Waals surface area (Å²) in [6.45, 7) is 0. The molecule has 2 unspecified atom stereocenters. The minimum atomic E-state index is -0.0678. The fourth-order valence-electron chi connectivity index (χ4n) is 5.09. The van der Waals surface area contributed by atoms with Crippen molar-refractivity contribution in [3.8, 4) is 5.75 Å². The number of methoxy groups -OCH3 is 1. The van der Waals surface area contributed by atoms with Crippen molar-refractivity contribution in [2.45, 2.75) is 50.2 Å². The topological polar surface area (TPSA) is 42.3 Å². The Morgan fingerprint density at radius 1 is 1.09 bits per heavy atom. The van der Waals surface area contributed by atoms with Crippen molar-refractivity contribution in [3.63, 3.8) is 0 Å². The van der Waals surface area contributed by atoms with E-state index in [2.05, 4.69) is 44.2 Å². The standard InChI is InChI=1S/C25H27ClN4OS/c1-31-22-13-12-18(16-19(22)26)30-24(23(28-25(30)32)20-10-5-6-14-27-20)21-11-7-15-29(21)17-8-3-2-4-9-17/h5-7,10-17,23-24H,2-4,8-9H2,1H3,(H,28,32). The lowest BCUT2D eigenvalue weighted by Gasteiger charge is -2.32. The van der Waals surface area contributed by atoms with Crippen LogP contribution in [-0.4, -0.2) is 21.8 Å². The maximum atomic E-state index is 6.50. The summed E-state index contributed by atoms with van der Waals surface area (Å²) >= 11 is 12.4. The van der Waals surface area contributed by atoms with Gasteiger partial charge in [0, 0.05) is 29.8 Å². The summed E-state index contributed by atoms with van der Waals surface area (Å²) in [5.74, 6) is 0.650. The van der Waals surface area contributed by atoms with Gasteiger partial charge in [0.1, 0.15) is 11.8 Å². The van der Waals surface area contributed by atoms with Crippen molar-refractivity contribution in [2.24, 2.45) is 0 Å². The second-order valence-corrected chi connectivity index (χ2v) is 9.24. The number of ether oxygens (including phenoxy) is 1. The van der Waals surface area contributed by atoms with E-state index >= 15 is 0 Å². The molecule has 2 fully saturated rings. The van der Waals surface area contributed by atoms with E-state index in [1.165, 1.54) is 37.8 Å². The van der Waals surface area contributed by atoms with Crippen LogP contribution in [0.15, 0.2) is 60.9 Å². The number of aromatic nitrogens is 2. The molecule has 5 rings (SSSR count). The van der Waals surface area contributed by atoms with Gasteiger partial charge in [-0.2, -0.15) is 0 Å². The number of hydrogen-bond acceptors (Lipinski definition) is 3. The molecule has 1 aliphatic carbocycles. The number of pyridine rings is 1. The molecule has 3 heterocycles. The van der Waals surface area contributed by atoms with E-state index in [9.17, 15) is 0 Å². The molecule has 2 aromatic heterocycles. The van der Waals surface area contributed by atoms with Crippen LogP contribution in [0.3, 0.4) is 0 Å². The third-order valence-corrected chi connectivity index (χ3v) is 7.20. The van der Waals surface area contributed by atoms with Crippen LogP contribution < -0.4 is 15.0 Å². The molecule has 0 amide bonds. The van der Waals surface area contributed by atoms with E-state index < -0.39 is 0 Å². The van der Waals surface area contributed by atoms with Gasteiger partial charge < -0.3 is 19.5 Å². The number of hydrogen-bond donors (Lipinski definition) is 1. The number of halogens is 1. The van der Waals surface area contributed by atoms with Crippen LogP contribution in [0, 0.1) is 0 Å². The maximum Gasteiger partial charge on any atom is 0.174 e. The lowest BCUT2D eigenvalue weighted by Crippen LogP contribution is -2.31. The van der Waals surface area contributed by atoms with Gasteiger partial charge >= 0.3 is 0 Å². The molecule has 1 saturated heterocycles. The van der Waals surface area contributed by atoms with Crippen LogP contribution in [0.1, 0.15) is 61.6 Å². The van der Waals surface area contributed by atoms with Gasteiger partial charge in [0.05, 0.1) is 23.9 Å². The Balaban J connectivity index is 1.61. The van der Waals surface area contributed by atoms with Gasteiger partial charge in [-0.05, 0) is 67.5 Å². The number of benzene rings is 1. The summed E-state index contributed by atoms with van der Waals surface area (Å²) < 4.78 is 7.83. The Hall–Kier alpha value is -2.57. The molecule has 2 aliphatic rings. The Morgan fingerprint density at radius 2 is 1.94 bits per heavy atom. The summed E-state index contributed by atoms with van der Waals surface area (Å²) in [6, 6.07) is 16.7. The second-order valence-electron chi connectivity index (χ2n) is 8.45. The van der Waals surface area contributed by atoms with Crippen molar-refractivity contribution in [3.05, 3.63) is 77.3 Å². The van der Waals surface area contributed by atoms with Crippen LogP contribution in [0.2, 0.25) is 5.02 Å². The van der Waals surface area contributed by atoms with E-state index in [4.69, 9.17) is 28.6 Å². The number of nitrogens with one attached hydrogen (secondary N) is 1. The SMILES string of the molecule is COc1ccc(N2C(=S)NC(c3ccccn3)C2c2cccn2C2CCCCC2)cc1Cl. The highest BCUT2D eigenvalue weighted by molar-refractivity contribution is 7.80. The van der Waals surface area contributed by atoms with Crippen LogP contribution >= 0.6 is 23.8 Å². The molecule has 0 spiro atoms. The molecule has 3 aromatic rings. The van der Waals surface area contributed by atoms with Crippen molar-refractivity contribution < 1.29 is 4.74 Å². The molecular weight excluding hydrogens is 440 g/mol. The molecule has 0 bridgehead atoms. The van der Waals surface area contributed by atoms with E-state index in [1.54, 1.807) is 7.11 Å². The van der Waals surface area contributed by atoms with Crippen LogP contribution in [0.25, 0.3) is 0 Å². The molecular formula is C25H27ClN4OS. The van der Waals surface area contributed by atoms with E-state index in [1.807, 2.05) is 36.5 Å². The molecule has 2 atom stereocenters. The van der Waals surface area contributed by atoms with Crippen LogP contribution in [-0.2, 0) is 0 Å². The van der Waals surface area contributed by atoms with Gasteiger partial charge in [-0.15, -0.1) is 0 Å². The van der Waals surface area contributed by atoms with Crippen molar-refractivity contribution in [1.29, 1.82) is 0 Å². The minimum Gasteiger partial charge on any atom is -0.495 e. The zero-order chi connectivity index (χ0) is 22.1. The van der Waals surface area contributed by atoms with E-state index in [-0.39, 0.29) is 12.1 Å². The summed E-state index contributed by atoms with van der Waals surface area (Å²) in [5, 5.41) is 4.78. The highest BCUT2D eigenvalue weighted by Crippen LogP contribution is 2.44. The van der Waals surface area contributed by atoms with Gasteiger partial charge in [0.25, 0.3) is 0 Å². The largest absolute Gasteiger partial charge is 0.495 e. The third kappa shape index (κ3) is 3.86. The first-order valence-electron chi connectivity index (χ1n) is 11.2. The van der Waals surface area contributed by atoms with Crippen LogP contribution in [0.4, 0.5) is 5.69 Å². The quantitative estimate of drug-likeness (QED) is 0.451. The molecule has 166 valence electrons. The van der Waals surface area contributed by atoms with Gasteiger partial charge in [-0.1, -0.05) is 36.9 Å². The minimum absolute atomic E-state index is 0.0428. The number of rotatable bonds is 5. The van der Waals surface area contributed by atoms with Crippen molar-refractivity contribution in [2.75, 3.05) is 12.0 Å². The molecule has 0 radical (unpaired) electrons. The zero-order valence-electron chi connectivity index (χ0n) is 18.1. The molecule has 32 heavy (non-hydrogen) atoms. The molecule has 1 aromatic carbocycles. The smallest absolute Gasteiger partial charge is 0.174 e. The summed E-state index contributed by atoms with van der Waals surface area (Å²) in [4.78, 5) is 6.84. The number of nitrogens with zero attached hydrogens (tertiary/aromatic N) is 3. The number of thiocarbonyl (C=S) groups is 1. The first-order chi connectivity index (χ1) is 15.7. The summed E-state index contributed by atoms with van der Waals surface area (Å²) in [7, 11) is 1.62. The highest BCUT2D eigenvalue weighted by Gasteiger charge is 2.42. The lowest BCUT2D eigenvalue weighted by atomic mass is 9.94. The van der Waals surface area contributed by atoms with E-state index in [0.29, 0.717) is 21.9 Å². The highest BCUT2D eigenvalue weighted by atomic mass is 35.5. The second kappa shape index (κ2) is 9.12. The zero-order valence-corrected chi connectivity index (χ0v) is 19.6. The first-order valence-corrected chi connectivity index (χ1v) is 12.0. The molecule has 1 N–H and O–H groups in total. The third-order valence-electron chi connectivity index (χ3n) is 6.59. The Morgan fingerprint density at radius 3 is 2.66 bits per heavy atom. The van der Waals surface area contributed by atoms with Crippen molar-refractivity contribution in [1.82, 2.24) is 14.9 Å². The average Bonchev–Trinajstić information content (AvgIpc) is 3.44. The number of anilines is 1. The molecule has 7 heteroatoms. The van der Waals surface area contributed by atoms with Gasteiger partial charge in [0.15, 0.2) is 5.11 Å². The Bertz CT molecular complexity index is 1100. The summed E-state index contributed by atoms with van der Waals surface area (Å²) in [6.07, 6.45) is 10.4. The van der Waals surface area contributed by atoms with Crippen molar-refractivity contribution >= 4 is 34.6 Å². The fraction of sp³-hybridized carbons (Fsp3) is 0.360. The average molecular weight is 467 g/mol. The lowest BCUT2D eigenvalue weighted by molar-refractivity contribution is 0.340. The molecule has 1 saturated carbocycles. The monoisotopic (exact) mass is 466 g/mol. The summed E-state index contributed by atoms with van der Waals surface area (Å²) in [5.41, 5.74) is 3.15. The Kier molecular flexibility index (Phi) is 6.07. The van der Waals surface area contributed by atoms with Gasteiger partial charge in [0.2, 0.25) is 0 Å².